The highest BCUT2D eigenvalue weighted by molar-refractivity contribution is 5.87. The largest absolute Gasteiger partial charge is 0.573 e. The molecule has 0 unspecified atom stereocenters. The molecule has 0 aliphatic carbocycles. The molecule has 2 aromatic rings. The lowest BCUT2D eigenvalue weighted by molar-refractivity contribution is -0.274. The zero-order valence-corrected chi connectivity index (χ0v) is 10.1. The van der Waals surface area contributed by atoms with Gasteiger partial charge >= 0.3 is 12.3 Å². The van der Waals surface area contributed by atoms with E-state index in [1.807, 2.05) is 0 Å². The monoisotopic (exact) mass is 287 g/mol. The first-order chi connectivity index (χ1) is 9.39. The van der Waals surface area contributed by atoms with Gasteiger partial charge in [0.25, 0.3) is 0 Å². The lowest BCUT2D eigenvalue weighted by Crippen LogP contribution is -2.16. The van der Waals surface area contributed by atoms with Crippen LogP contribution in [0.4, 0.5) is 13.2 Å². The predicted molar refractivity (Wildman–Crippen MR) is 60.0 cm³/mol. The summed E-state index contributed by atoms with van der Waals surface area (Å²) in [5.74, 6) is -1.14. The summed E-state index contributed by atoms with van der Waals surface area (Å²) in [7, 11) is 1.19. The molecule has 2 rings (SSSR count). The molecule has 0 atom stereocenters. The van der Waals surface area contributed by atoms with Gasteiger partial charge in [-0.1, -0.05) is 5.16 Å². The fourth-order valence-corrected chi connectivity index (χ4v) is 1.44. The maximum Gasteiger partial charge on any atom is 0.573 e. The van der Waals surface area contributed by atoms with Crippen LogP contribution in [-0.4, -0.2) is 24.6 Å². The first-order valence-corrected chi connectivity index (χ1v) is 5.30. The van der Waals surface area contributed by atoms with Crippen LogP contribution < -0.4 is 4.74 Å². The molecule has 1 heterocycles. The fourth-order valence-electron chi connectivity index (χ4n) is 1.44. The number of methoxy groups -OCH3 is 1. The van der Waals surface area contributed by atoms with Crippen LogP contribution in [0.5, 0.6) is 5.75 Å². The van der Waals surface area contributed by atoms with Crippen molar-refractivity contribution in [3.63, 3.8) is 0 Å². The molecule has 0 aliphatic rings. The molecule has 0 aliphatic heterocycles. The molecule has 8 heteroatoms. The smallest absolute Gasteiger partial charge is 0.463 e. The molecule has 1 aromatic heterocycles. The summed E-state index contributed by atoms with van der Waals surface area (Å²) in [5.41, 5.74) is 0.766. The number of rotatable bonds is 3. The minimum Gasteiger partial charge on any atom is -0.463 e. The molecule has 0 bridgehead atoms. The van der Waals surface area contributed by atoms with Crippen LogP contribution in [-0.2, 0) is 4.74 Å². The number of benzene rings is 1. The molecular weight excluding hydrogens is 279 g/mol. The van der Waals surface area contributed by atoms with E-state index in [1.54, 1.807) is 0 Å². The Balaban J connectivity index is 2.18. The molecule has 106 valence electrons. The van der Waals surface area contributed by atoms with Crippen molar-refractivity contribution in [3.8, 4) is 17.0 Å². The Bertz CT molecular complexity index is 604. The molecule has 0 spiro atoms. The highest BCUT2D eigenvalue weighted by atomic mass is 19.4. The molecule has 0 radical (unpaired) electrons. The molecule has 1 aromatic carbocycles. The van der Waals surface area contributed by atoms with Crippen molar-refractivity contribution < 1.29 is 32.0 Å². The number of esters is 1. The third-order valence-corrected chi connectivity index (χ3v) is 2.28. The Kier molecular flexibility index (Phi) is 3.64. The third-order valence-electron chi connectivity index (χ3n) is 2.28. The Morgan fingerprint density at radius 1 is 1.25 bits per heavy atom. The van der Waals surface area contributed by atoms with E-state index in [1.165, 1.54) is 25.3 Å². The lowest BCUT2D eigenvalue weighted by Gasteiger charge is -2.08. The Morgan fingerprint density at radius 3 is 2.45 bits per heavy atom. The van der Waals surface area contributed by atoms with Crippen molar-refractivity contribution in [1.82, 2.24) is 5.16 Å². The van der Waals surface area contributed by atoms with Gasteiger partial charge in [0.1, 0.15) is 11.4 Å². The molecule has 20 heavy (non-hydrogen) atoms. The van der Waals surface area contributed by atoms with Crippen molar-refractivity contribution >= 4 is 5.97 Å². The topological polar surface area (TPSA) is 61.6 Å². The van der Waals surface area contributed by atoms with Crippen LogP contribution in [0.25, 0.3) is 11.3 Å². The number of hydrogen-bond donors (Lipinski definition) is 0. The van der Waals surface area contributed by atoms with Crippen LogP contribution >= 0.6 is 0 Å². The quantitative estimate of drug-likeness (QED) is 0.812. The van der Waals surface area contributed by atoms with Crippen molar-refractivity contribution in [2.75, 3.05) is 7.11 Å². The van der Waals surface area contributed by atoms with E-state index in [9.17, 15) is 18.0 Å². The first kappa shape index (κ1) is 13.9. The summed E-state index contributed by atoms with van der Waals surface area (Å²) in [6.07, 6.45) is -4.74. The number of hydrogen-bond acceptors (Lipinski definition) is 5. The molecule has 0 saturated carbocycles. The maximum absolute atomic E-state index is 12.0. The van der Waals surface area contributed by atoms with Gasteiger partial charge in [-0.3, -0.25) is 0 Å². The highest BCUT2D eigenvalue weighted by Crippen LogP contribution is 2.26. The second-order valence-electron chi connectivity index (χ2n) is 3.64. The first-order valence-electron chi connectivity index (χ1n) is 5.30. The molecule has 0 amide bonds. The van der Waals surface area contributed by atoms with Crippen LogP contribution in [0.3, 0.4) is 0 Å². The van der Waals surface area contributed by atoms with E-state index in [0.717, 1.165) is 12.1 Å². The number of aromatic nitrogens is 1. The minimum absolute atomic E-state index is 0.0990. The van der Waals surface area contributed by atoms with Crippen LogP contribution in [0, 0.1) is 0 Å². The van der Waals surface area contributed by atoms with Gasteiger partial charge in [0, 0.05) is 11.6 Å². The third kappa shape index (κ3) is 3.28. The van der Waals surface area contributed by atoms with E-state index in [4.69, 9.17) is 4.52 Å². The predicted octanol–water partition coefficient (Wildman–Crippen LogP) is 3.03. The number of carbonyl (C=O) groups excluding carboxylic acids is 1. The van der Waals surface area contributed by atoms with Crippen LogP contribution in [0.1, 0.15) is 10.6 Å². The molecular formula is C12H8F3NO4. The number of halogens is 3. The van der Waals surface area contributed by atoms with Crippen LogP contribution in [0.2, 0.25) is 0 Å². The molecule has 0 N–H and O–H groups in total. The highest BCUT2D eigenvalue weighted by Gasteiger charge is 2.31. The minimum atomic E-state index is -4.74. The Hall–Kier alpha value is -2.51. The SMILES string of the molecule is COC(=O)c1cc(-c2ccc(OC(F)(F)F)cc2)no1. The van der Waals surface area contributed by atoms with Crippen LogP contribution in [0.15, 0.2) is 34.9 Å². The average Bonchev–Trinajstić information content (AvgIpc) is 2.86. The number of ether oxygens (including phenoxy) is 2. The van der Waals surface area contributed by atoms with Crippen molar-refractivity contribution in [2.45, 2.75) is 6.36 Å². The fraction of sp³-hybridized carbons (Fsp3) is 0.167. The Labute approximate surface area is 110 Å². The average molecular weight is 287 g/mol. The molecule has 0 saturated heterocycles. The summed E-state index contributed by atoms with van der Waals surface area (Å²) in [6, 6.07) is 6.32. The zero-order chi connectivity index (χ0) is 14.8. The zero-order valence-electron chi connectivity index (χ0n) is 10.1. The van der Waals surface area contributed by atoms with E-state index >= 15 is 0 Å². The van der Waals surface area contributed by atoms with Gasteiger partial charge in [0.05, 0.1) is 7.11 Å². The summed E-state index contributed by atoms with van der Waals surface area (Å²) in [6.45, 7) is 0. The van der Waals surface area contributed by atoms with Gasteiger partial charge in [-0.2, -0.15) is 0 Å². The molecule has 0 fully saturated rings. The number of nitrogens with zero attached hydrogens (tertiary/aromatic N) is 1. The van der Waals surface area contributed by atoms with Gasteiger partial charge in [-0.25, -0.2) is 4.79 Å². The molecule has 5 nitrogen and oxygen atoms in total. The van der Waals surface area contributed by atoms with Crippen molar-refractivity contribution in [3.05, 3.63) is 36.1 Å². The second kappa shape index (κ2) is 5.24. The maximum atomic E-state index is 12.0. The van der Waals surface area contributed by atoms with E-state index in [-0.39, 0.29) is 11.5 Å². The van der Waals surface area contributed by atoms with Gasteiger partial charge in [-0.15, -0.1) is 13.2 Å². The van der Waals surface area contributed by atoms with Gasteiger partial charge in [-0.05, 0) is 24.3 Å². The summed E-state index contributed by atoms with van der Waals surface area (Å²) in [4.78, 5) is 11.2. The summed E-state index contributed by atoms with van der Waals surface area (Å²) < 4.78 is 48.9. The number of carbonyl (C=O) groups is 1. The van der Waals surface area contributed by atoms with Gasteiger partial charge < -0.3 is 14.0 Å². The van der Waals surface area contributed by atoms with Crippen molar-refractivity contribution in [2.24, 2.45) is 0 Å². The van der Waals surface area contributed by atoms with E-state index in [0.29, 0.717) is 11.3 Å². The standard InChI is InChI=1S/C12H8F3NO4/c1-18-11(17)10-6-9(16-20-10)7-2-4-8(5-3-7)19-12(13,14)15/h2-6H,1H3. The van der Waals surface area contributed by atoms with Gasteiger partial charge in [0.15, 0.2) is 0 Å². The van der Waals surface area contributed by atoms with E-state index in [2.05, 4.69) is 14.6 Å². The summed E-state index contributed by atoms with van der Waals surface area (Å²) in [5, 5.41) is 3.62. The number of alkyl halides is 3. The lowest BCUT2D eigenvalue weighted by atomic mass is 10.1. The van der Waals surface area contributed by atoms with Gasteiger partial charge in [0.2, 0.25) is 5.76 Å². The van der Waals surface area contributed by atoms with E-state index < -0.39 is 12.3 Å². The summed E-state index contributed by atoms with van der Waals surface area (Å²) >= 11 is 0. The van der Waals surface area contributed by atoms with Crippen molar-refractivity contribution in [1.29, 1.82) is 0 Å². The second-order valence-corrected chi connectivity index (χ2v) is 3.64. The Morgan fingerprint density at radius 2 is 1.90 bits per heavy atom. The normalized spacial score (nSPS) is 11.2.